The van der Waals surface area contributed by atoms with Crippen molar-refractivity contribution in [2.24, 2.45) is 11.5 Å². The van der Waals surface area contributed by atoms with Gasteiger partial charge in [0.25, 0.3) is 11.8 Å². The fourth-order valence-electron chi connectivity index (χ4n) is 2.65. The van der Waals surface area contributed by atoms with Crippen molar-refractivity contribution in [3.05, 3.63) is 58.9 Å². The summed E-state index contributed by atoms with van der Waals surface area (Å²) in [5.74, 6) is -1.57. The van der Waals surface area contributed by atoms with E-state index in [9.17, 15) is 14.0 Å². The summed E-state index contributed by atoms with van der Waals surface area (Å²) in [4.78, 5) is 23.6. The van der Waals surface area contributed by atoms with E-state index in [1.165, 1.54) is 32.4 Å². The van der Waals surface area contributed by atoms with E-state index in [1.54, 1.807) is 12.1 Å². The number of amidine groups is 1. The van der Waals surface area contributed by atoms with Crippen molar-refractivity contribution in [2.45, 2.75) is 12.6 Å². The molecule has 10 heteroatoms. The molecule has 0 saturated heterocycles. The van der Waals surface area contributed by atoms with Gasteiger partial charge in [0.1, 0.15) is 23.2 Å². The Kier molecular flexibility index (Phi) is 7.70. The van der Waals surface area contributed by atoms with Gasteiger partial charge < -0.3 is 31.0 Å². The number of methoxy groups -OCH3 is 2. The molecule has 1 atom stereocenters. The Morgan fingerprint density at radius 1 is 1.17 bits per heavy atom. The number of nitrogen functional groups attached to an aromatic ring is 1. The third-order valence-corrected chi connectivity index (χ3v) is 4.17. The molecule has 0 aliphatic carbocycles. The Morgan fingerprint density at radius 2 is 1.90 bits per heavy atom. The molecule has 2 aromatic carbocycles. The van der Waals surface area contributed by atoms with Crippen LogP contribution < -0.4 is 26.3 Å². The number of amides is 2. The molecule has 2 aromatic rings. The molecule has 0 aliphatic heterocycles. The Morgan fingerprint density at radius 3 is 2.47 bits per heavy atom. The summed E-state index contributed by atoms with van der Waals surface area (Å²) < 4.78 is 29.8. The summed E-state index contributed by atoms with van der Waals surface area (Å²) in [5, 5.41) is 10.2. The molecular formula is C20H23FN4O5. The van der Waals surface area contributed by atoms with E-state index in [1.807, 2.05) is 0 Å². The molecule has 0 fully saturated rings. The van der Waals surface area contributed by atoms with Gasteiger partial charge in [-0.25, -0.2) is 4.39 Å². The van der Waals surface area contributed by atoms with Gasteiger partial charge in [-0.1, -0.05) is 12.1 Å². The van der Waals surface area contributed by atoms with E-state index in [0.29, 0.717) is 16.9 Å². The molecule has 1 unspecified atom stereocenters. The minimum Gasteiger partial charge on any atom is -0.497 e. The highest BCUT2D eigenvalue weighted by atomic mass is 19.1. The van der Waals surface area contributed by atoms with Crippen LogP contribution in [0.25, 0.3) is 0 Å². The van der Waals surface area contributed by atoms with E-state index in [-0.39, 0.29) is 30.3 Å². The van der Waals surface area contributed by atoms with E-state index < -0.39 is 23.7 Å². The average Bonchev–Trinajstić information content (AvgIpc) is 2.72. The van der Waals surface area contributed by atoms with Crippen LogP contribution in [-0.2, 0) is 20.9 Å². The SMILES string of the molecule is COc1ccc(C(OC)C(=O)NCc2ccc(C(=N)N)cc2OCC(N)=O)c(F)c1. The molecule has 0 aliphatic rings. The van der Waals surface area contributed by atoms with Gasteiger partial charge in [0.05, 0.1) is 7.11 Å². The van der Waals surface area contributed by atoms with Gasteiger partial charge in [-0.05, 0) is 18.2 Å². The highest BCUT2D eigenvalue weighted by Gasteiger charge is 2.24. The normalized spacial score (nSPS) is 11.4. The van der Waals surface area contributed by atoms with E-state index in [0.717, 1.165) is 6.07 Å². The second-order valence-corrected chi connectivity index (χ2v) is 6.21. The van der Waals surface area contributed by atoms with Gasteiger partial charge in [0, 0.05) is 36.4 Å². The molecule has 160 valence electrons. The van der Waals surface area contributed by atoms with Crippen molar-refractivity contribution in [3.8, 4) is 11.5 Å². The van der Waals surface area contributed by atoms with Crippen molar-refractivity contribution < 1.29 is 28.2 Å². The summed E-state index contributed by atoms with van der Waals surface area (Å²) in [5.41, 5.74) is 11.5. The van der Waals surface area contributed by atoms with Crippen LogP contribution in [0.15, 0.2) is 36.4 Å². The van der Waals surface area contributed by atoms with Gasteiger partial charge in [0.15, 0.2) is 12.7 Å². The number of carbonyl (C=O) groups excluding carboxylic acids is 2. The van der Waals surface area contributed by atoms with Crippen LogP contribution in [0.5, 0.6) is 11.5 Å². The molecule has 2 rings (SSSR count). The minimum atomic E-state index is -1.19. The van der Waals surface area contributed by atoms with Gasteiger partial charge in [-0.3, -0.25) is 15.0 Å². The number of halogens is 1. The predicted molar refractivity (Wildman–Crippen MR) is 107 cm³/mol. The number of rotatable bonds is 10. The number of nitrogens with two attached hydrogens (primary N) is 2. The van der Waals surface area contributed by atoms with Gasteiger partial charge in [-0.15, -0.1) is 0 Å². The maximum Gasteiger partial charge on any atom is 0.255 e. The molecule has 2 amide bonds. The van der Waals surface area contributed by atoms with Crippen molar-refractivity contribution >= 4 is 17.6 Å². The summed E-state index contributed by atoms with van der Waals surface area (Å²) in [6.45, 7) is -0.400. The standard InChI is InChI=1S/C20H23FN4O5/c1-28-13-5-6-14(15(21)8-13)18(29-2)20(27)25-9-12-4-3-11(19(23)24)7-16(12)30-10-17(22)26/h3-8,18H,9-10H2,1-2H3,(H2,22,26)(H3,23,24)(H,25,27). The first kappa shape index (κ1) is 22.6. The molecule has 30 heavy (non-hydrogen) atoms. The van der Waals surface area contributed by atoms with Crippen molar-refractivity contribution in [3.63, 3.8) is 0 Å². The molecule has 0 heterocycles. The largest absolute Gasteiger partial charge is 0.497 e. The minimum absolute atomic E-state index is 0.0112. The molecule has 0 aromatic heterocycles. The maximum atomic E-state index is 14.3. The van der Waals surface area contributed by atoms with Crippen LogP contribution in [0.4, 0.5) is 4.39 Å². The highest BCUT2D eigenvalue weighted by molar-refractivity contribution is 5.95. The Bertz CT molecular complexity index is 951. The van der Waals surface area contributed by atoms with Crippen molar-refractivity contribution in [1.82, 2.24) is 5.32 Å². The number of benzene rings is 2. The topological polar surface area (TPSA) is 150 Å². The summed E-state index contributed by atoms with van der Waals surface area (Å²) in [7, 11) is 2.70. The van der Waals surface area contributed by atoms with Crippen LogP contribution in [-0.4, -0.2) is 38.5 Å². The predicted octanol–water partition coefficient (Wildman–Crippen LogP) is 0.986. The smallest absolute Gasteiger partial charge is 0.255 e. The zero-order chi connectivity index (χ0) is 22.3. The van der Waals surface area contributed by atoms with E-state index >= 15 is 0 Å². The Labute approximate surface area is 172 Å². The molecule has 0 spiro atoms. The number of ether oxygens (including phenoxy) is 3. The number of carbonyl (C=O) groups is 2. The van der Waals surface area contributed by atoms with E-state index in [2.05, 4.69) is 5.32 Å². The maximum absolute atomic E-state index is 14.3. The Hall–Kier alpha value is -3.66. The lowest BCUT2D eigenvalue weighted by Crippen LogP contribution is -2.31. The van der Waals surface area contributed by atoms with Crippen LogP contribution >= 0.6 is 0 Å². The van der Waals surface area contributed by atoms with Crippen molar-refractivity contribution in [1.29, 1.82) is 5.41 Å². The zero-order valence-electron chi connectivity index (χ0n) is 16.5. The summed E-state index contributed by atoms with van der Waals surface area (Å²) >= 11 is 0. The van der Waals surface area contributed by atoms with Crippen LogP contribution in [0.2, 0.25) is 0 Å². The first-order chi connectivity index (χ1) is 14.3. The third kappa shape index (κ3) is 5.67. The number of hydrogen-bond donors (Lipinski definition) is 4. The lowest BCUT2D eigenvalue weighted by Gasteiger charge is -2.18. The second kappa shape index (κ2) is 10.2. The molecular weight excluding hydrogens is 395 g/mol. The van der Waals surface area contributed by atoms with Crippen LogP contribution in [0.1, 0.15) is 22.8 Å². The summed E-state index contributed by atoms with van der Waals surface area (Å²) in [6.07, 6.45) is -1.19. The van der Waals surface area contributed by atoms with E-state index in [4.69, 9.17) is 31.1 Å². The monoisotopic (exact) mass is 418 g/mol. The van der Waals surface area contributed by atoms with Crippen LogP contribution in [0, 0.1) is 11.2 Å². The molecule has 0 saturated carbocycles. The van der Waals surface area contributed by atoms with Crippen LogP contribution in [0.3, 0.4) is 0 Å². The first-order valence-corrected chi connectivity index (χ1v) is 8.79. The lowest BCUT2D eigenvalue weighted by atomic mass is 10.1. The van der Waals surface area contributed by atoms with Crippen molar-refractivity contribution in [2.75, 3.05) is 20.8 Å². The molecule has 0 bridgehead atoms. The second-order valence-electron chi connectivity index (χ2n) is 6.21. The van der Waals surface area contributed by atoms with Gasteiger partial charge in [-0.2, -0.15) is 0 Å². The fourth-order valence-corrected chi connectivity index (χ4v) is 2.65. The van der Waals surface area contributed by atoms with Gasteiger partial charge >= 0.3 is 0 Å². The average molecular weight is 418 g/mol. The fraction of sp³-hybridized carbons (Fsp3) is 0.250. The lowest BCUT2D eigenvalue weighted by molar-refractivity contribution is -0.131. The number of hydrogen-bond acceptors (Lipinski definition) is 6. The Balaban J connectivity index is 2.18. The van der Waals surface area contributed by atoms with Gasteiger partial charge in [0.2, 0.25) is 0 Å². The number of primary amides is 1. The summed E-state index contributed by atoms with van der Waals surface area (Å²) in [6, 6.07) is 8.70. The number of nitrogens with one attached hydrogen (secondary N) is 2. The quantitative estimate of drug-likeness (QED) is 0.334. The molecule has 6 N–H and O–H groups in total. The zero-order valence-corrected chi connectivity index (χ0v) is 16.5. The third-order valence-electron chi connectivity index (χ3n) is 4.17. The molecule has 9 nitrogen and oxygen atoms in total. The first-order valence-electron chi connectivity index (χ1n) is 8.79. The molecule has 0 radical (unpaired) electrons. The highest BCUT2D eigenvalue weighted by Crippen LogP contribution is 2.25.